The van der Waals surface area contributed by atoms with Gasteiger partial charge in [-0.3, -0.25) is 0 Å². The summed E-state index contributed by atoms with van der Waals surface area (Å²) in [4.78, 5) is 0. The van der Waals surface area contributed by atoms with E-state index in [0.29, 0.717) is 0 Å². The molecule has 0 amide bonds. The maximum atomic E-state index is 2.41. The average Bonchev–Trinajstić information content (AvgIpc) is 1.59. The zero-order chi connectivity index (χ0) is 8.31. The Hall–Kier alpha value is 0.799. The van der Waals surface area contributed by atoms with Crippen LogP contribution in [0, 0.1) is 0 Å². The summed E-state index contributed by atoms with van der Waals surface area (Å²) >= 11 is -1.01. The van der Waals surface area contributed by atoms with Gasteiger partial charge in [-0.05, 0) is 0 Å². The van der Waals surface area contributed by atoms with Gasteiger partial charge in [0.25, 0.3) is 0 Å². The molecule has 0 fully saturated rings. The second-order valence-corrected chi connectivity index (χ2v) is 16.7. The fourth-order valence-corrected chi connectivity index (χ4v) is 13.4. The van der Waals surface area contributed by atoms with E-state index in [4.69, 9.17) is 0 Å². The molecular weight excluding hydrogens is 227 g/mol. The van der Waals surface area contributed by atoms with Crippen LogP contribution in [0.1, 0.15) is 41.5 Å². The topological polar surface area (TPSA) is 0 Å². The van der Waals surface area contributed by atoms with E-state index in [1.807, 2.05) is 0 Å². The minimum absolute atomic E-state index is 1.01. The molecule has 0 atom stereocenters. The quantitative estimate of drug-likeness (QED) is 0.668. The summed E-state index contributed by atoms with van der Waals surface area (Å²) in [7, 11) is 0. The number of hydrogen-bond acceptors (Lipinski definition) is 0. The molecule has 0 spiro atoms. The third-order valence-electron chi connectivity index (χ3n) is 2.00. The van der Waals surface area contributed by atoms with Gasteiger partial charge < -0.3 is 0 Å². The van der Waals surface area contributed by atoms with Crippen LogP contribution >= 0.6 is 0 Å². The standard InChI is InChI=1S/3C3H7.Sn/c3*1-3-2;/h3*3H,1-2H3;/q;;;+1. The first-order chi connectivity index (χ1) is 4.46. The Morgan fingerprint density at radius 3 is 0.800 bits per heavy atom. The van der Waals surface area contributed by atoms with Gasteiger partial charge in [-0.15, -0.1) is 0 Å². The van der Waals surface area contributed by atoms with E-state index < -0.39 is 19.8 Å². The van der Waals surface area contributed by atoms with Crippen molar-refractivity contribution in [3.63, 3.8) is 0 Å². The van der Waals surface area contributed by atoms with E-state index in [-0.39, 0.29) is 0 Å². The van der Waals surface area contributed by atoms with Crippen LogP contribution in [0.2, 0.25) is 11.8 Å². The third kappa shape index (κ3) is 3.27. The van der Waals surface area contributed by atoms with Crippen molar-refractivity contribution < 1.29 is 0 Å². The fourth-order valence-electron chi connectivity index (χ4n) is 2.00. The van der Waals surface area contributed by atoms with Gasteiger partial charge in [0.15, 0.2) is 0 Å². The molecule has 0 aliphatic carbocycles. The van der Waals surface area contributed by atoms with Crippen LogP contribution in [0.5, 0.6) is 0 Å². The molecule has 60 valence electrons. The van der Waals surface area contributed by atoms with Gasteiger partial charge in [0.2, 0.25) is 0 Å². The number of rotatable bonds is 3. The van der Waals surface area contributed by atoms with Crippen molar-refractivity contribution in [2.24, 2.45) is 0 Å². The summed E-state index contributed by atoms with van der Waals surface area (Å²) in [5.74, 6) is 0. The van der Waals surface area contributed by atoms with Gasteiger partial charge in [-0.1, -0.05) is 0 Å². The molecule has 0 aromatic carbocycles. The van der Waals surface area contributed by atoms with Crippen molar-refractivity contribution >= 4 is 19.8 Å². The fraction of sp³-hybridized carbons (Fsp3) is 1.00. The molecule has 0 bridgehead atoms. The maximum absolute atomic E-state index is 2.41. The zero-order valence-corrected chi connectivity index (χ0v) is 11.1. The van der Waals surface area contributed by atoms with E-state index in [1.165, 1.54) is 0 Å². The monoisotopic (exact) mass is 249 g/mol. The van der Waals surface area contributed by atoms with Gasteiger partial charge in [0, 0.05) is 0 Å². The first-order valence-corrected chi connectivity index (χ1v) is 9.27. The Kier molecular flexibility index (Phi) is 5.00. The van der Waals surface area contributed by atoms with E-state index in [9.17, 15) is 0 Å². The summed E-state index contributed by atoms with van der Waals surface area (Å²) in [5, 5.41) is 0. The predicted molar refractivity (Wildman–Crippen MR) is 51.0 cm³/mol. The molecule has 10 heavy (non-hydrogen) atoms. The van der Waals surface area contributed by atoms with Crippen LogP contribution in [-0.2, 0) is 0 Å². The van der Waals surface area contributed by atoms with Gasteiger partial charge in [0.05, 0.1) is 0 Å². The van der Waals surface area contributed by atoms with E-state index >= 15 is 0 Å². The second-order valence-electron chi connectivity index (χ2n) is 3.96. The average molecular weight is 248 g/mol. The summed E-state index contributed by atoms with van der Waals surface area (Å²) in [6, 6.07) is 0. The summed E-state index contributed by atoms with van der Waals surface area (Å²) in [5.41, 5.74) is 0. The van der Waals surface area contributed by atoms with Crippen molar-refractivity contribution in [1.29, 1.82) is 0 Å². The molecule has 0 saturated carbocycles. The molecule has 0 aromatic rings. The molecule has 0 N–H and O–H groups in total. The molecule has 0 saturated heterocycles. The van der Waals surface area contributed by atoms with Crippen LogP contribution < -0.4 is 0 Å². The summed E-state index contributed by atoms with van der Waals surface area (Å²) in [6.07, 6.45) is 0. The molecule has 0 aliphatic rings. The number of hydrogen-bond donors (Lipinski definition) is 0. The Morgan fingerprint density at radius 1 is 0.600 bits per heavy atom. The Balaban J connectivity index is 3.98. The zero-order valence-electron chi connectivity index (χ0n) is 8.23. The summed E-state index contributed by atoms with van der Waals surface area (Å²) < 4.78 is 3.09. The summed E-state index contributed by atoms with van der Waals surface area (Å²) in [6.45, 7) is 14.5. The van der Waals surface area contributed by atoms with E-state index in [2.05, 4.69) is 41.5 Å². The SMILES string of the molecule is C[CH](C)[Sn+]([CH](C)C)[CH](C)C. The molecule has 0 heterocycles. The third-order valence-corrected chi connectivity index (χ3v) is 13.4. The second kappa shape index (κ2) is 4.63. The van der Waals surface area contributed by atoms with Crippen LogP contribution in [0.4, 0.5) is 0 Å². The van der Waals surface area contributed by atoms with Crippen LogP contribution in [0.15, 0.2) is 0 Å². The molecule has 1 heteroatoms. The van der Waals surface area contributed by atoms with Gasteiger partial charge in [0.1, 0.15) is 0 Å². The Morgan fingerprint density at radius 2 is 0.800 bits per heavy atom. The molecule has 0 aromatic heterocycles. The van der Waals surface area contributed by atoms with Gasteiger partial charge in [-0.25, -0.2) is 0 Å². The van der Waals surface area contributed by atoms with E-state index in [1.54, 1.807) is 0 Å². The van der Waals surface area contributed by atoms with Crippen LogP contribution in [0.25, 0.3) is 0 Å². The molecule has 0 radical (unpaired) electrons. The van der Waals surface area contributed by atoms with Crippen LogP contribution in [0.3, 0.4) is 0 Å². The first kappa shape index (κ1) is 10.8. The van der Waals surface area contributed by atoms with Crippen molar-refractivity contribution in [1.82, 2.24) is 0 Å². The Labute approximate surface area is 73.1 Å². The van der Waals surface area contributed by atoms with Crippen molar-refractivity contribution in [2.75, 3.05) is 0 Å². The van der Waals surface area contributed by atoms with Gasteiger partial charge >= 0.3 is 73.1 Å². The minimum atomic E-state index is -1.01. The van der Waals surface area contributed by atoms with Crippen LogP contribution in [-0.4, -0.2) is 19.8 Å². The van der Waals surface area contributed by atoms with E-state index in [0.717, 1.165) is 11.8 Å². The van der Waals surface area contributed by atoms with Crippen molar-refractivity contribution in [3.8, 4) is 0 Å². The van der Waals surface area contributed by atoms with Gasteiger partial charge in [-0.2, -0.15) is 0 Å². The Bertz CT molecular complexity index is 65.7. The molecule has 0 unspecified atom stereocenters. The van der Waals surface area contributed by atoms with Crippen molar-refractivity contribution in [3.05, 3.63) is 0 Å². The normalized spacial score (nSPS) is 11.7. The predicted octanol–water partition coefficient (Wildman–Crippen LogP) is 3.71. The molecular formula is C9H21Sn+. The molecule has 0 rings (SSSR count). The molecule has 0 aliphatic heterocycles. The van der Waals surface area contributed by atoms with Crippen molar-refractivity contribution in [2.45, 2.75) is 53.3 Å². The first-order valence-electron chi connectivity index (χ1n) is 4.33. The molecule has 0 nitrogen and oxygen atoms in total.